The first kappa shape index (κ1) is 16.6. The van der Waals surface area contributed by atoms with E-state index in [1.54, 1.807) is 4.68 Å². The highest BCUT2D eigenvalue weighted by molar-refractivity contribution is 6.34. The summed E-state index contributed by atoms with van der Waals surface area (Å²) >= 11 is 6.30. The number of aryl methyl sites for hydroxylation is 1. The van der Waals surface area contributed by atoms with Gasteiger partial charge in [-0.05, 0) is 19.9 Å². The largest absolute Gasteiger partial charge is 0.393 e. The van der Waals surface area contributed by atoms with E-state index in [0.717, 1.165) is 18.7 Å². The Morgan fingerprint density at radius 2 is 2.04 bits per heavy atom. The van der Waals surface area contributed by atoms with Crippen molar-refractivity contribution >= 4 is 17.5 Å². The van der Waals surface area contributed by atoms with Crippen LogP contribution in [-0.4, -0.2) is 58.3 Å². The van der Waals surface area contributed by atoms with Crippen molar-refractivity contribution in [1.29, 1.82) is 0 Å². The number of likely N-dealkylation sites (tertiary alicyclic amines) is 1. The number of amides is 1. The number of hydrogen-bond acceptors (Lipinski definition) is 3. The molecule has 0 bridgehead atoms. The third-order valence-electron chi connectivity index (χ3n) is 4.46. The van der Waals surface area contributed by atoms with E-state index in [-0.39, 0.29) is 30.2 Å². The molecular weight excluding hydrogens is 333 g/mol. The fourth-order valence-corrected chi connectivity index (χ4v) is 3.41. The topological polar surface area (TPSA) is 41.4 Å². The van der Waals surface area contributed by atoms with E-state index in [2.05, 4.69) is 10.00 Å². The minimum atomic E-state index is -4.27. The van der Waals surface area contributed by atoms with Gasteiger partial charge in [-0.3, -0.25) is 9.48 Å². The highest BCUT2D eigenvalue weighted by atomic mass is 35.5. The van der Waals surface area contributed by atoms with Gasteiger partial charge in [-0.15, -0.1) is 0 Å². The molecule has 128 valence electrons. The summed E-state index contributed by atoms with van der Waals surface area (Å²) in [5.74, 6) is -1.97. The quantitative estimate of drug-likeness (QED) is 0.781. The molecule has 1 amide bonds. The Balaban J connectivity index is 1.80. The summed E-state index contributed by atoms with van der Waals surface area (Å²) in [6.07, 6.45) is -3.45. The number of halogens is 4. The van der Waals surface area contributed by atoms with Gasteiger partial charge in [0.15, 0.2) is 5.69 Å². The van der Waals surface area contributed by atoms with Crippen LogP contribution in [0.3, 0.4) is 0 Å². The second kappa shape index (κ2) is 5.98. The molecule has 0 N–H and O–H groups in total. The van der Waals surface area contributed by atoms with Crippen LogP contribution in [0, 0.1) is 5.92 Å². The molecule has 0 aromatic carbocycles. The molecule has 5 nitrogen and oxygen atoms in total. The van der Waals surface area contributed by atoms with Crippen LogP contribution in [0.5, 0.6) is 0 Å². The lowest BCUT2D eigenvalue weighted by molar-refractivity contribution is -0.169. The normalized spacial score (nSPS) is 23.0. The van der Waals surface area contributed by atoms with Gasteiger partial charge in [0.25, 0.3) is 5.91 Å². The lowest BCUT2D eigenvalue weighted by Crippen LogP contribution is -2.32. The van der Waals surface area contributed by atoms with E-state index in [9.17, 15) is 18.0 Å². The summed E-state index contributed by atoms with van der Waals surface area (Å²) in [6.45, 7) is 1.90. The summed E-state index contributed by atoms with van der Waals surface area (Å²) in [7, 11) is 1.95. The summed E-state index contributed by atoms with van der Waals surface area (Å²) in [5, 5.41) is 4.53. The van der Waals surface area contributed by atoms with Crippen molar-refractivity contribution in [3.63, 3.8) is 0 Å². The molecule has 1 atom stereocenters. The molecule has 9 heteroatoms. The molecule has 3 rings (SSSR count). The minimum absolute atomic E-state index is 0.0663. The Labute approximate surface area is 137 Å². The zero-order valence-corrected chi connectivity index (χ0v) is 13.5. The molecule has 3 heterocycles. The maximum absolute atomic E-state index is 12.8. The van der Waals surface area contributed by atoms with Gasteiger partial charge in [-0.25, -0.2) is 0 Å². The number of carbonyl (C=O) groups is 1. The van der Waals surface area contributed by atoms with Gasteiger partial charge in [0.1, 0.15) is 0 Å². The van der Waals surface area contributed by atoms with Crippen molar-refractivity contribution in [2.75, 3.05) is 26.7 Å². The first-order chi connectivity index (χ1) is 10.8. The number of alkyl halides is 3. The van der Waals surface area contributed by atoms with Gasteiger partial charge in [-0.2, -0.15) is 18.3 Å². The molecule has 0 spiro atoms. The third kappa shape index (κ3) is 3.19. The van der Waals surface area contributed by atoms with Crippen LogP contribution in [0.2, 0.25) is 5.02 Å². The third-order valence-corrected chi connectivity index (χ3v) is 4.86. The second-order valence-electron chi connectivity index (χ2n) is 6.20. The highest BCUT2D eigenvalue weighted by Gasteiger charge is 2.45. The Morgan fingerprint density at radius 1 is 1.30 bits per heavy atom. The van der Waals surface area contributed by atoms with Crippen LogP contribution in [0.1, 0.15) is 29.0 Å². The minimum Gasteiger partial charge on any atom is -0.337 e. The van der Waals surface area contributed by atoms with E-state index in [1.807, 2.05) is 7.05 Å². The fraction of sp³-hybridized carbons (Fsp3) is 0.714. The molecule has 1 aromatic heterocycles. The maximum Gasteiger partial charge on any atom is 0.393 e. The average molecular weight is 351 g/mol. The zero-order chi connectivity index (χ0) is 16.8. The van der Waals surface area contributed by atoms with Crippen LogP contribution in [0.4, 0.5) is 13.2 Å². The molecule has 1 fully saturated rings. The summed E-state index contributed by atoms with van der Waals surface area (Å²) in [4.78, 5) is 15.8. The monoisotopic (exact) mass is 350 g/mol. The van der Waals surface area contributed by atoms with Crippen molar-refractivity contribution in [3.8, 4) is 0 Å². The van der Waals surface area contributed by atoms with Gasteiger partial charge in [-0.1, -0.05) is 11.6 Å². The standard InChI is InChI=1S/C14H18ClF3N4O/c1-20-4-2-5-22-10(8-20)11(15)12(19-22)13(23)21-6-3-9(7-21)14(16,17)18/h9H,2-8H2,1H3. The fourth-order valence-electron chi connectivity index (χ4n) is 3.13. The van der Waals surface area contributed by atoms with Crippen molar-refractivity contribution in [2.45, 2.75) is 32.1 Å². The van der Waals surface area contributed by atoms with Crippen LogP contribution >= 0.6 is 11.6 Å². The van der Waals surface area contributed by atoms with Crippen LogP contribution in [0.15, 0.2) is 0 Å². The van der Waals surface area contributed by atoms with Gasteiger partial charge in [0, 0.05) is 32.7 Å². The van der Waals surface area contributed by atoms with E-state index >= 15 is 0 Å². The molecule has 0 radical (unpaired) electrons. The highest BCUT2D eigenvalue weighted by Crippen LogP contribution is 2.34. The van der Waals surface area contributed by atoms with Crippen molar-refractivity contribution < 1.29 is 18.0 Å². The van der Waals surface area contributed by atoms with Crippen molar-refractivity contribution in [3.05, 3.63) is 16.4 Å². The Morgan fingerprint density at radius 3 is 2.70 bits per heavy atom. The number of carbonyl (C=O) groups excluding carboxylic acids is 1. The first-order valence-electron chi connectivity index (χ1n) is 7.57. The number of hydrogen-bond donors (Lipinski definition) is 0. The van der Waals surface area contributed by atoms with E-state index in [0.29, 0.717) is 13.1 Å². The van der Waals surface area contributed by atoms with Gasteiger partial charge < -0.3 is 9.80 Å². The molecule has 1 aromatic rings. The molecular formula is C14H18ClF3N4O. The zero-order valence-electron chi connectivity index (χ0n) is 12.7. The number of aromatic nitrogens is 2. The molecule has 2 aliphatic heterocycles. The average Bonchev–Trinajstić information content (AvgIpc) is 3.01. The van der Waals surface area contributed by atoms with E-state index in [1.165, 1.54) is 4.90 Å². The van der Waals surface area contributed by atoms with Gasteiger partial charge >= 0.3 is 6.18 Å². The number of nitrogens with zero attached hydrogens (tertiary/aromatic N) is 4. The maximum atomic E-state index is 12.8. The van der Waals surface area contributed by atoms with Gasteiger partial charge in [0.2, 0.25) is 0 Å². The van der Waals surface area contributed by atoms with Crippen LogP contribution in [0.25, 0.3) is 0 Å². The Bertz CT molecular complexity index is 616. The SMILES string of the molecule is CN1CCCn2nc(C(=O)N3CCC(C(F)(F)F)C3)c(Cl)c2C1. The smallest absolute Gasteiger partial charge is 0.337 e. The summed E-state index contributed by atoms with van der Waals surface area (Å²) in [6, 6.07) is 0. The van der Waals surface area contributed by atoms with Crippen molar-refractivity contribution in [2.24, 2.45) is 5.92 Å². The molecule has 0 aliphatic carbocycles. The number of fused-ring (bicyclic) bond motifs is 1. The van der Waals surface area contributed by atoms with Crippen LogP contribution < -0.4 is 0 Å². The lowest BCUT2D eigenvalue weighted by atomic mass is 10.1. The summed E-state index contributed by atoms with van der Waals surface area (Å²) < 4.78 is 40.0. The molecule has 0 saturated carbocycles. The van der Waals surface area contributed by atoms with E-state index < -0.39 is 18.0 Å². The molecule has 2 aliphatic rings. The first-order valence-corrected chi connectivity index (χ1v) is 7.95. The van der Waals surface area contributed by atoms with E-state index in [4.69, 9.17) is 11.6 Å². The Hall–Kier alpha value is -1.28. The molecule has 1 unspecified atom stereocenters. The number of rotatable bonds is 1. The molecule has 1 saturated heterocycles. The van der Waals surface area contributed by atoms with Crippen molar-refractivity contribution in [1.82, 2.24) is 19.6 Å². The Kier molecular flexibility index (Phi) is 4.31. The van der Waals surface area contributed by atoms with Crippen LogP contribution in [-0.2, 0) is 13.1 Å². The summed E-state index contributed by atoms with van der Waals surface area (Å²) in [5.41, 5.74) is 0.821. The molecule has 23 heavy (non-hydrogen) atoms. The lowest BCUT2D eigenvalue weighted by Gasteiger charge is -2.17. The predicted molar refractivity (Wildman–Crippen MR) is 78.3 cm³/mol. The predicted octanol–water partition coefficient (Wildman–Crippen LogP) is 2.40. The second-order valence-corrected chi connectivity index (χ2v) is 6.58. The van der Waals surface area contributed by atoms with Gasteiger partial charge in [0.05, 0.1) is 16.6 Å².